The summed E-state index contributed by atoms with van der Waals surface area (Å²) >= 11 is 0. The standard InChI is InChI=1S/C15H28N4O/c1-6-19-13(5)15(11(3)17-19)12(4)18-7-8-20-14(9-18)10(2)16/h10,12,14H,6-9,16H2,1-5H3. The van der Waals surface area contributed by atoms with E-state index in [4.69, 9.17) is 10.5 Å². The van der Waals surface area contributed by atoms with E-state index in [0.717, 1.165) is 31.9 Å². The molecule has 0 amide bonds. The summed E-state index contributed by atoms with van der Waals surface area (Å²) in [5, 5.41) is 4.63. The second-order valence-electron chi connectivity index (χ2n) is 5.84. The number of aromatic nitrogens is 2. The fraction of sp³-hybridized carbons (Fsp3) is 0.800. The SMILES string of the molecule is CCn1nc(C)c(C(C)N2CCOC(C(C)N)C2)c1C. The van der Waals surface area contributed by atoms with Crippen LogP contribution in [0.15, 0.2) is 0 Å². The van der Waals surface area contributed by atoms with Gasteiger partial charge in [-0.25, -0.2) is 0 Å². The van der Waals surface area contributed by atoms with Crippen LogP contribution >= 0.6 is 0 Å². The average molecular weight is 280 g/mol. The lowest BCUT2D eigenvalue weighted by Gasteiger charge is -2.38. The fourth-order valence-electron chi connectivity index (χ4n) is 3.17. The van der Waals surface area contributed by atoms with E-state index in [2.05, 4.69) is 42.4 Å². The molecule has 0 aromatic carbocycles. The number of morpholine rings is 1. The Morgan fingerprint density at radius 1 is 1.40 bits per heavy atom. The largest absolute Gasteiger partial charge is 0.374 e. The first-order valence-corrected chi connectivity index (χ1v) is 7.60. The highest BCUT2D eigenvalue weighted by molar-refractivity contribution is 5.28. The molecule has 1 aromatic heterocycles. The Labute approximate surface area is 122 Å². The Kier molecular flexibility index (Phi) is 4.83. The predicted molar refractivity (Wildman–Crippen MR) is 80.8 cm³/mol. The molecule has 20 heavy (non-hydrogen) atoms. The summed E-state index contributed by atoms with van der Waals surface area (Å²) in [5.74, 6) is 0. The van der Waals surface area contributed by atoms with Crippen molar-refractivity contribution in [1.82, 2.24) is 14.7 Å². The van der Waals surface area contributed by atoms with E-state index in [-0.39, 0.29) is 12.1 Å². The summed E-state index contributed by atoms with van der Waals surface area (Å²) in [6.45, 7) is 14.2. The van der Waals surface area contributed by atoms with Gasteiger partial charge in [-0.2, -0.15) is 5.10 Å². The quantitative estimate of drug-likeness (QED) is 0.911. The first-order chi connectivity index (χ1) is 9.45. The molecule has 0 bridgehead atoms. The summed E-state index contributed by atoms with van der Waals surface area (Å²) in [5.41, 5.74) is 9.76. The Morgan fingerprint density at radius 2 is 2.10 bits per heavy atom. The summed E-state index contributed by atoms with van der Waals surface area (Å²) in [6, 6.07) is 0.436. The Morgan fingerprint density at radius 3 is 2.65 bits per heavy atom. The Bertz CT molecular complexity index is 455. The van der Waals surface area contributed by atoms with Gasteiger partial charge in [-0.3, -0.25) is 9.58 Å². The van der Waals surface area contributed by atoms with Crippen molar-refractivity contribution in [1.29, 1.82) is 0 Å². The first kappa shape index (κ1) is 15.5. The maximum Gasteiger partial charge on any atom is 0.0850 e. The van der Waals surface area contributed by atoms with Crippen LogP contribution in [-0.4, -0.2) is 46.5 Å². The van der Waals surface area contributed by atoms with Gasteiger partial charge in [-0.1, -0.05) is 0 Å². The van der Waals surface area contributed by atoms with Gasteiger partial charge in [0, 0.05) is 43.0 Å². The second kappa shape index (κ2) is 6.24. The first-order valence-electron chi connectivity index (χ1n) is 7.60. The third-order valence-electron chi connectivity index (χ3n) is 4.41. The minimum Gasteiger partial charge on any atom is -0.374 e. The minimum absolute atomic E-state index is 0.0746. The van der Waals surface area contributed by atoms with Gasteiger partial charge in [0.25, 0.3) is 0 Å². The zero-order valence-electron chi connectivity index (χ0n) is 13.4. The summed E-state index contributed by atoms with van der Waals surface area (Å²) in [7, 11) is 0. The maximum absolute atomic E-state index is 5.99. The lowest BCUT2D eigenvalue weighted by molar-refractivity contribution is -0.0499. The summed E-state index contributed by atoms with van der Waals surface area (Å²) < 4.78 is 7.84. The number of hydrogen-bond donors (Lipinski definition) is 1. The molecule has 114 valence electrons. The molecule has 0 radical (unpaired) electrons. The van der Waals surface area contributed by atoms with E-state index in [1.165, 1.54) is 11.3 Å². The molecule has 5 heteroatoms. The molecule has 1 aromatic rings. The van der Waals surface area contributed by atoms with E-state index in [1.807, 2.05) is 6.92 Å². The van der Waals surface area contributed by atoms with Gasteiger partial charge in [-0.15, -0.1) is 0 Å². The van der Waals surface area contributed by atoms with E-state index in [0.29, 0.717) is 6.04 Å². The van der Waals surface area contributed by atoms with E-state index < -0.39 is 0 Å². The monoisotopic (exact) mass is 280 g/mol. The van der Waals surface area contributed by atoms with Gasteiger partial charge < -0.3 is 10.5 Å². The molecule has 5 nitrogen and oxygen atoms in total. The van der Waals surface area contributed by atoms with Crippen LogP contribution in [0.2, 0.25) is 0 Å². The normalized spacial score (nSPS) is 23.8. The molecule has 1 aliphatic rings. The van der Waals surface area contributed by atoms with E-state index in [9.17, 15) is 0 Å². The highest BCUT2D eigenvalue weighted by Crippen LogP contribution is 2.28. The van der Waals surface area contributed by atoms with E-state index in [1.54, 1.807) is 0 Å². The second-order valence-corrected chi connectivity index (χ2v) is 5.84. The zero-order valence-corrected chi connectivity index (χ0v) is 13.4. The molecule has 2 N–H and O–H groups in total. The van der Waals surface area contributed by atoms with Crippen LogP contribution in [0, 0.1) is 13.8 Å². The van der Waals surface area contributed by atoms with Gasteiger partial charge in [0.2, 0.25) is 0 Å². The lowest BCUT2D eigenvalue weighted by Crippen LogP contribution is -2.50. The molecule has 0 spiro atoms. The van der Waals surface area contributed by atoms with Crippen LogP contribution in [0.5, 0.6) is 0 Å². The van der Waals surface area contributed by atoms with Crippen molar-refractivity contribution in [2.75, 3.05) is 19.7 Å². The highest BCUT2D eigenvalue weighted by atomic mass is 16.5. The van der Waals surface area contributed by atoms with Crippen LogP contribution in [0.3, 0.4) is 0 Å². The van der Waals surface area contributed by atoms with Crippen molar-refractivity contribution >= 4 is 0 Å². The minimum atomic E-state index is 0.0746. The predicted octanol–water partition coefficient (Wildman–Crippen LogP) is 1.63. The molecule has 0 saturated carbocycles. The number of nitrogens with two attached hydrogens (primary N) is 1. The van der Waals surface area contributed by atoms with Crippen LogP contribution in [-0.2, 0) is 11.3 Å². The molecule has 1 aliphatic heterocycles. The number of nitrogens with zero attached hydrogens (tertiary/aromatic N) is 3. The molecule has 1 saturated heterocycles. The number of aryl methyl sites for hydroxylation is 2. The molecule has 1 fully saturated rings. The third-order valence-corrected chi connectivity index (χ3v) is 4.41. The molecule has 3 atom stereocenters. The Balaban J connectivity index is 2.18. The number of ether oxygens (including phenoxy) is 1. The van der Waals surface area contributed by atoms with Gasteiger partial charge in [0.05, 0.1) is 18.4 Å². The fourth-order valence-corrected chi connectivity index (χ4v) is 3.17. The van der Waals surface area contributed by atoms with E-state index >= 15 is 0 Å². The van der Waals surface area contributed by atoms with Crippen LogP contribution < -0.4 is 5.73 Å². The molecule has 2 heterocycles. The van der Waals surface area contributed by atoms with Gasteiger partial charge in [0.15, 0.2) is 0 Å². The van der Waals surface area contributed by atoms with Gasteiger partial charge in [-0.05, 0) is 34.6 Å². The molecular formula is C15H28N4O. The lowest BCUT2D eigenvalue weighted by atomic mass is 10.0. The van der Waals surface area contributed by atoms with Crippen LogP contribution in [0.25, 0.3) is 0 Å². The number of hydrogen-bond acceptors (Lipinski definition) is 4. The highest BCUT2D eigenvalue weighted by Gasteiger charge is 2.29. The molecule has 3 unspecified atom stereocenters. The van der Waals surface area contributed by atoms with Crippen molar-refractivity contribution < 1.29 is 4.74 Å². The zero-order chi connectivity index (χ0) is 14.9. The van der Waals surface area contributed by atoms with Gasteiger partial charge >= 0.3 is 0 Å². The maximum atomic E-state index is 5.99. The molecule has 2 rings (SSSR count). The smallest absolute Gasteiger partial charge is 0.0850 e. The van der Waals surface area contributed by atoms with Crippen molar-refractivity contribution in [3.63, 3.8) is 0 Å². The summed E-state index contributed by atoms with van der Waals surface area (Å²) in [4.78, 5) is 2.47. The topological polar surface area (TPSA) is 56.3 Å². The Hall–Kier alpha value is -0.910. The third kappa shape index (κ3) is 2.90. The van der Waals surface area contributed by atoms with Crippen LogP contribution in [0.4, 0.5) is 0 Å². The number of rotatable bonds is 4. The van der Waals surface area contributed by atoms with Crippen LogP contribution in [0.1, 0.15) is 43.8 Å². The van der Waals surface area contributed by atoms with Crippen molar-refractivity contribution in [3.05, 3.63) is 17.0 Å². The molecular weight excluding hydrogens is 252 g/mol. The molecule has 0 aliphatic carbocycles. The van der Waals surface area contributed by atoms with Crippen molar-refractivity contribution in [3.8, 4) is 0 Å². The average Bonchev–Trinajstić information content (AvgIpc) is 2.72. The van der Waals surface area contributed by atoms with Crippen molar-refractivity contribution in [2.24, 2.45) is 5.73 Å². The van der Waals surface area contributed by atoms with Crippen molar-refractivity contribution in [2.45, 2.75) is 59.4 Å². The summed E-state index contributed by atoms with van der Waals surface area (Å²) in [6.07, 6.45) is 0.132. The van der Waals surface area contributed by atoms with Gasteiger partial charge in [0.1, 0.15) is 0 Å².